The molecule has 96 valence electrons. The van der Waals surface area contributed by atoms with Crippen LogP contribution in [0.3, 0.4) is 0 Å². The molecule has 0 spiro atoms. The summed E-state index contributed by atoms with van der Waals surface area (Å²) in [6, 6.07) is 0. The van der Waals surface area contributed by atoms with Gasteiger partial charge in [0.15, 0.2) is 0 Å². The number of rotatable bonds is 0. The summed E-state index contributed by atoms with van der Waals surface area (Å²) in [5, 5.41) is 1.96. The van der Waals surface area contributed by atoms with Gasteiger partial charge in [0.05, 0.1) is 20.1 Å². The summed E-state index contributed by atoms with van der Waals surface area (Å²) in [7, 11) is 0. The lowest BCUT2D eigenvalue weighted by atomic mass is 9.91. The van der Waals surface area contributed by atoms with E-state index < -0.39 is 0 Å². The van der Waals surface area contributed by atoms with Crippen LogP contribution in [0.1, 0.15) is 49.7 Å². The quantitative estimate of drug-likeness (QED) is 0.286. The fourth-order valence-electron chi connectivity index (χ4n) is 3.53. The first-order chi connectivity index (χ1) is 8.45. The van der Waals surface area contributed by atoms with Gasteiger partial charge >= 0.3 is 0 Å². The molecule has 0 aliphatic heterocycles. The topological polar surface area (TPSA) is 0 Å². The van der Waals surface area contributed by atoms with Crippen LogP contribution in [0.2, 0.25) is 20.1 Å². The van der Waals surface area contributed by atoms with Crippen LogP contribution in [0.4, 0.5) is 0 Å². The van der Waals surface area contributed by atoms with E-state index in [1.54, 1.807) is 0 Å². The van der Waals surface area contributed by atoms with Crippen LogP contribution >= 0.6 is 46.4 Å². The Morgan fingerprint density at radius 2 is 1.17 bits per heavy atom. The van der Waals surface area contributed by atoms with Gasteiger partial charge in [0.1, 0.15) is 0 Å². The van der Waals surface area contributed by atoms with E-state index in [0.29, 0.717) is 31.9 Å². The van der Waals surface area contributed by atoms with Crippen LogP contribution < -0.4 is 0 Å². The molecule has 1 fully saturated rings. The molecule has 1 saturated carbocycles. The average Bonchev–Trinajstić information content (AvgIpc) is 2.88. The number of benzene rings is 1. The third kappa shape index (κ3) is 1.53. The van der Waals surface area contributed by atoms with Crippen molar-refractivity contribution in [2.45, 2.75) is 38.5 Å². The second-order valence-electron chi connectivity index (χ2n) is 5.22. The second-order valence-corrected chi connectivity index (χ2v) is 6.73. The minimum Gasteiger partial charge on any atom is -0.0823 e. The molecule has 1 aromatic carbocycles. The van der Waals surface area contributed by atoms with Gasteiger partial charge < -0.3 is 0 Å². The van der Waals surface area contributed by atoms with E-state index in [4.69, 9.17) is 46.4 Å². The molecule has 18 heavy (non-hydrogen) atoms. The predicted octanol–water partition coefficient (Wildman–Crippen LogP) is 6.61. The maximum atomic E-state index is 6.38. The van der Waals surface area contributed by atoms with E-state index in [2.05, 4.69) is 13.8 Å². The van der Waals surface area contributed by atoms with Crippen LogP contribution in [-0.4, -0.2) is 0 Å². The van der Waals surface area contributed by atoms with E-state index >= 15 is 0 Å². The van der Waals surface area contributed by atoms with Crippen molar-refractivity contribution in [2.75, 3.05) is 0 Å². The van der Waals surface area contributed by atoms with Gasteiger partial charge in [-0.3, -0.25) is 0 Å². The minimum atomic E-state index is 0.384. The van der Waals surface area contributed by atoms with Gasteiger partial charge in [-0.15, -0.1) is 0 Å². The van der Waals surface area contributed by atoms with E-state index in [-0.39, 0.29) is 0 Å². The van der Waals surface area contributed by atoms with E-state index in [1.807, 2.05) is 0 Å². The molecule has 2 aliphatic rings. The SMILES string of the molecule is CC(C)=C1[C@@H]2CC[C@@H]1c1c(Cl)c(Cl)c(Cl)c(Cl)c12. The van der Waals surface area contributed by atoms with Crippen molar-refractivity contribution in [3.8, 4) is 0 Å². The van der Waals surface area contributed by atoms with Gasteiger partial charge in [-0.25, -0.2) is 0 Å². The molecule has 1 aromatic rings. The highest BCUT2D eigenvalue weighted by molar-refractivity contribution is 6.52. The second kappa shape index (κ2) is 4.31. The number of hydrogen-bond donors (Lipinski definition) is 0. The number of allylic oxidation sites excluding steroid dienone is 2. The van der Waals surface area contributed by atoms with Gasteiger partial charge in [0.2, 0.25) is 0 Å². The molecule has 4 heteroatoms. The largest absolute Gasteiger partial charge is 0.0823 e. The number of halogens is 4. The fourth-order valence-corrected chi connectivity index (χ4v) is 4.68. The maximum absolute atomic E-state index is 6.38. The van der Waals surface area contributed by atoms with Crippen molar-refractivity contribution >= 4 is 46.4 Å². The van der Waals surface area contributed by atoms with E-state index in [9.17, 15) is 0 Å². The summed E-state index contributed by atoms with van der Waals surface area (Å²) < 4.78 is 0. The molecule has 2 bridgehead atoms. The van der Waals surface area contributed by atoms with Crippen LogP contribution in [0.15, 0.2) is 11.1 Å². The van der Waals surface area contributed by atoms with Crippen molar-refractivity contribution in [1.82, 2.24) is 0 Å². The Morgan fingerprint density at radius 3 is 1.50 bits per heavy atom. The summed E-state index contributed by atoms with van der Waals surface area (Å²) >= 11 is 25.1. The Balaban J connectivity index is 2.36. The van der Waals surface area contributed by atoms with E-state index in [0.717, 1.165) is 24.0 Å². The molecule has 0 nitrogen and oxygen atoms in total. The lowest BCUT2D eigenvalue weighted by molar-refractivity contribution is 0.718. The van der Waals surface area contributed by atoms with Crippen LogP contribution in [0.5, 0.6) is 0 Å². The molecule has 2 aliphatic carbocycles. The maximum Gasteiger partial charge on any atom is 0.0796 e. The first-order valence-electron chi connectivity index (χ1n) is 5.98. The van der Waals surface area contributed by atoms with Crippen LogP contribution in [0.25, 0.3) is 0 Å². The highest BCUT2D eigenvalue weighted by Gasteiger charge is 2.45. The Kier molecular flexibility index (Phi) is 3.14. The molecule has 0 amide bonds. The highest BCUT2D eigenvalue weighted by atomic mass is 35.5. The highest BCUT2D eigenvalue weighted by Crippen LogP contribution is 2.63. The minimum absolute atomic E-state index is 0.384. The molecular weight excluding hydrogens is 310 g/mol. The lowest BCUT2D eigenvalue weighted by Gasteiger charge is -2.19. The first-order valence-corrected chi connectivity index (χ1v) is 7.49. The third-order valence-corrected chi connectivity index (χ3v) is 5.94. The van der Waals surface area contributed by atoms with Gasteiger partial charge in [0.25, 0.3) is 0 Å². The summed E-state index contributed by atoms with van der Waals surface area (Å²) in [5.41, 5.74) is 5.05. The Hall–Kier alpha value is 0.120. The molecule has 3 rings (SSSR count). The van der Waals surface area contributed by atoms with Crippen molar-refractivity contribution in [3.63, 3.8) is 0 Å². The zero-order chi connectivity index (χ0) is 13.2. The fraction of sp³-hybridized carbons (Fsp3) is 0.429. The third-order valence-electron chi connectivity index (χ3n) is 4.11. The lowest BCUT2D eigenvalue weighted by Crippen LogP contribution is -2.01. The zero-order valence-electron chi connectivity index (χ0n) is 10.1. The molecule has 0 unspecified atom stereocenters. The standard InChI is InChI=1S/C14H12Cl4/c1-5(2)8-6-3-4-7(8)10-9(6)11(15)13(17)14(18)12(10)16/h6-7H,3-4H2,1-2H3/t6-,7-/m0/s1. The Labute approximate surface area is 127 Å². The summed E-state index contributed by atoms with van der Waals surface area (Å²) in [6.45, 7) is 4.30. The monoisotopic (exact) mass is 320 g/mol. The van der Waals surface area contributed by atoms with Gasteiger partial charge in [-0.2, -0.15) is 0 Å². The summed E-state index contributed by atoms with van der Waals surface area (Å²) in [4.78, 5) is 0. The van der Waals surface area contributed by atoms with Gasteiger partial charge in [0, 0.05) is 11.8 Å². The smallest absolute Gasteiger partial charge is 0.0796 e. The summed E-state index contributed by atoms with van der Waals surface area (Å²) in [6.07, 6.45) is 2.26. The zero-order valence-corrected chi connectivity index (χ0v) is 13.1. The normalized spacial score (nSPS) is 24.7. The average molecular weight is 322 g/mol. The van der Waals surface area contributed by atoms with Crippen molar-refractivity contribution < 1.29 is 0 Å². The molecule has 0 saturated heterocycles. The molecule has 2 atom stereocenters. The van der Waals surface area contributed by atoms with Crippen molar-refractivity contribution in [2.24, 2.45) is 0 Å². The van der Waals surface area contributed by atoms with Crippen LogP contribution in [0, 0.1) is 0 Å². The molecule has 0 radical (unpaired) electrons. The first kappa shape index (κ1) is 13.1. The summed E-state index contributed by atoms with van der Waals surface area (Å²) in [5.74, 6) is 0.768. The van der Waals surface area contributed by atoms with Gasteiger partial charge in [-0.05, 0) is 37.8 Å². The van der Waals surface area contributed by atoms with E-state index in [1.165, 1.54) is 11.1 Å². The van der Waals surface area contributed by atoms with Gasteiger partial charge in [-0.1, -0.05) is 57.5 Å². The molecule has 0 heterocycles. The number of fused-ring (bicyclic) bond motifs is 5. The molecule has 0 N–H and O–H groups in total. The number of hydrogen-bond acceptors (Lipinski definition) is 0. The Morgan fingerprint density at radius 1 is 0.778 bits per heavy atom. The van der Waals surface area contributed by atoms with Crippen molar-refractivity contribution in [3.05, 3.63) is 42.4 Å². The Bertz CT molecular complexity index is 537. The van der Waals surface area contributed by atoms with Crippen molar-refractivity contribution in [1.29, 1.82) is 0 Å². The molecule has 0 aromatic heterocycles. The predicted molar refractivity (Wildman–Crippen MR) is 79.6 cm³/mol. The van der Waals surface area contributed by atoms with Crippen LogP contribution in [-0.2, 0) is 0 Å². The molecular formula is C14H12Cl4.